The third-order valence-corrected chi connectivity index (χ3v) is 3.04. The lowest BCUT2D eigenvalue weighted by molar-refractivity contribution is -0.138. The number of hydrogen-bond donors (Lipinski definition) is 0. The van der Waals surface area contributed by atoms with Crippen molar-refractivity contribution in [1.29, 1.82) is 0 Å². The van der Waals surface area contributed by atoms with Crippen molar-refractivity contribution >= 4 is 11.8 Å². The lowest BCUT2D eigenvalue weighted by atomic mass is 9.84. The average molecular weight is 224 g/mol. The first-order chi connectivity index (χ1) is 7.65. The van der Waals surface area contributed by atoms with Crippen molar-refractivity contribution in [2.75, 3.05) is 6.61 Å². The summed E-state index contributed by atoms with van der Waals surface area (Å²) in [4.78, 5) is 22.8. The molecule has 0 spiro atoms. The topological polar surface area (TPSA) is 43.4 Å². The largest absolute Gasteiger partial charge is 0.463 e. The number of hydrogen-bond acceptors (Lipinski definition) is 3. The van der Waals surface area contributed by atoms with E-state index in [4.69, 9.17) is 4.74 Å². The molecule has 0 aliphatic heterocycles. The summed E-state index contributed by atoms with van der Waals surface area (Å²) in [6.45, 7) is 5.85. The van der Waals surface area contributed by atoms with Gasteiger partial charge in [-0.3, -0.25) is 4.79 Å². The Morgan fingerprint density at radius 3 is 2.88 bits per heavy atom. The maximum absolute atomic E-state index is 11.6. The fourth-order valence-electron chi connectivity index (χ4n) is 2.04. The van der Waals surface area contributed by atoms with Crippen molar-refractivity contribution in [3.8, 4) is 0 Å². The molecule has 1 aliphatic rings. The van der Waals surface area contributed by atoms with E-state index in [9.17, 15) is 9.59 Å². The molecule has 1 fully saturated rings. The van der Waals surface area contributed by atoms with Crippen molar-refractivity contribution < 1.29 is 14.3 Å². The maximum Gasteiger partial charge on any atom is 0.333 e. The lowest BCUT2D eigenvalue weighted by Gasteiger charge is -2.20. The molecule has 90 valence electrons. The van der Waals surface area contributed by atoms with Crippen LogP contribution in [-0.2, 0) is 14.3 Å². The molecule has 3 heteroatoms. The maximum atomic E-state index is 11.6. The Bertz CT molecular complexity index is 281. The molecule has 0 radical (unpaired) electrons. The van der Waals surface area contributed by atoms with E-state index in [-0.39, 0.29) is 11.9 Å². The van der Waals surface area contributed by atoms with Crippen LogP contribution in [0.15, 0.2) is 12.2 Å². The summed E-state index contributed by atoms with van der Waals surface area (Å²) in [5.74, 6) is 0.161. The summed E-state index contributed by atoms with van der Waals surface area (Å²) in [5, 5.41) is 0. The normalized spacial score (nSPS) is 20.6. The zero-order valence-electron chi connectivity index (χ0n) is 9.96. The molecule has 1 rings (SSSR count). The Morgan fingerprint density at radius 2 is 2.25 bits per heavy atom. The molecule has 1 unspecified atom stereocenters. The van der Waals surface area contributed by atoms with Crippen LogP contribution in [0.25, 0.3) is 0 Å². The van der Waals surface area contributed by atoms with E-state index in [0.717, 1.165) is 25.7 Å². The molecule has 1 saturated carbocycles. The zero-order valence-corrected chi connectivity index (χ0v) is 9.96. The highest BCUT2D eigenvalue weighted by Gasteiger charge is 2.22. The van der Waals surface area contributed by atoms with Crippen LogP contribution in [-0.4, -0.2) is 18.4 Å². The van der Waals surface area contributed by atoms with E-state index in [1.54, 1.807) is 6.92 Å². The fraction of sp³-hybridized carbons (Fsp3) is 0.692. The molecular formula is C13H20O3. The van der Waals surface area contributed by atoms with Gasteiger partial charge in [0.2, 0.25) is 0 Å². The number of esters is 1. The Hall–Kier alpha value is -1.12. The average Bonchev–Trinajstić information content (AvgIpc) is 2.28. The predicted octanol–water partition coefficient (Wildman–Crippen LogP) is 2.65. The fourth-order valence-corrected chi connectivity index (χ4v) is 2.04. The SMILES string of the molecule is C=C(CCC1CCCCC1=O)C(=O)OCC. The Morgan fingerprint density at radius 1 is 1.50 bits per heavy atom. The number of ketones is 1. The molecule has 0 bridgehead atoms. The van der Waals surface area contributed by atoms with Crippen LogP contribution in [0.5, 0.6) is 0 Å². The smallest absolute Gasteiger partial charge is 0.333 e. The Kier molecular flexibility index (Phi) is 5.23. The minimum absolute atomic E-state index is 0.139. The molecule has 0 amide bonds. The molecule has 0 aromatic carbocycles. The van der Waals surface area contributed by atoms with Crippen LogP contribution in [0.1, 0.15) is 45.4 Å². The highest BCUT2D eigenvalue weighted by molar-refractivity contribution is 5.88. The van der Waals surface area contributed by atoms with Gasteiger partial charge in [-0.05, 0) is 32.6 Å². The van der Waals surface area contributed by atoms with Gasteiger partial charge in [0, 0.05) is 17.9 Å². The van der Waals surface area contributed by atoms with Gasteiger partial charge in [0.15, 0.2) is 0 Å². The van der Waals surface area contributed by atoms with Crippen LogP contribution < -0.4 is 0 Å². The molecule has 0 saturated heterocycles. The van der Waals surface area contributed by atoms with E-state index < -0.39 is 0 Å². The Balaban J connectivity index is 2.30. The molecule has 0 aromatic rings. The van der Waals surface area contributed by atoms with E-state index in [1.807, 2.05) is 0 Å². The van der Waals surface area contributed by atoms with E-state index in [2.05, 4.69) is 6.58 Å². The molecule has 3 nitrogen and oxygen atoms in total. The van der Waals surface area contributed by atoms with Crippen LogP contribution in [0.3, 0.4) is 0 Å². The first kappa shape index (κ1) is 12.9. The quantitative estimate of drug-likeness (QED) is 0.532. The van der Waals surface area contributed by atoms with Crippen molar-refractivity contribution in [3.05, 3.63) is 12.2 Å². The Labute approximate surface area is 96.9 Å². The van der Waals surface area contributed by atoms with Crippen LogP contribution in [0.2, 0.25) is 0 Å². The van der Waals surface area contributed by atoms with Crippen molar-refractivity contribution in [2.45, 2.75) is 45.4 Å². The van der Waals surface area contributed by atoms with Crippen molar-refractivity contribution in [3.63, 3.8) is 0 Å². The highest BCUT2D eigenvalue weighted by Crippen LogP contribution is 2.25. The zero-order chi connectivity index (χ0) is 12.0. The number of ether oxygens (including phenoxy) is 1. The monoisotopic (exact) mass is 224 g/mol. The van der Waals surface area contributed by atoms with Gasteiger partial charge in [-0.15, -0.1) is 0 Å². The molecule has 0 aromatic heterocycles. The van der Waals surface area contributed by atoms with Gasteiger partial charge in [-0.1, -0.05) is 13.0 Å². The summed E-state index contributed by atoms with van der Waals surface area (Å²) < 4.78 is 4.85. The second-order valence-electron chi connectivity index (χ2n) is 4.27. The summed E-state index contributed by atoms with van der Waals surface area (Å²) in [5.41, 5.74) is 0.486. The van der Waals surface area contributed by atoms with Gasteiger partial charge in [0.25, 0.3) is 0 Å². The minimum Gasteiger partial charge on any atom is -0.463 e. The van der Waals surface area contributed by atoms with E-state index in [1.165, 1.54) is 0 Å². The van der Waals surface area contributed by atoms with Crippen LogP contribution >= 0.6 is 0 Å². The number of carbonyl (C=O) groups is 2. The molecule has 0 N–H and O–H groups in total. The van der Waals surface area contributed by atoms with Crippen molar-refractivity contribution in [1.82, 2.24) is 0 Å². The minimum atomic E-state index is -0.328. The molecule has 0 heterocycles. The summed E-state index contributed by atoms with van der Waals surface area (Å²) in [6.07, 6.45) is 5.15. The molecule has 1 aliphatic carbocycles. The van der Waals surface area contributed by atoms with Gasteiger partial charge in [0.1, 0.15) is 5.78 Å². The first-order valence-electron chi connectivity index (χ1n) is 6.02. The third kappa shape index (κ3) is 3.80. The highest BCUT2D eigenvalue weighted by atomic mass is 16.5. The number of Topliss-reactive ketones (excluding diaryl/α,β-unsaturated/α-hetero) is 1. The number of rotatable bonds is 5. The van der Waals surface area contributed by atoms with E-state index in [0.29, 0.717) is 30.8 Å². The third-order valence-electron chi connectivity index (χ3n) is 3.04. The summed E-state index contributed by atoms with van der Waals surface area (Å²) in [7, 11) is 0. The lowest BCUT2D eigenvalue weighted by Crippen LogP contribution is -2.19. The molecule has 1 atom stereocenters. The van der Waals surface area contributed by atoms with Gasteiger partial charge in [-0.25, -0.2) is 4.79 Å². The van der Waals surface area contributed by atoms with Crippen LogP contribution in [0, 0.1) is 5.92 Å². The standard InChI is InChI=1S/C13H20O3/c1-3-16-13(15)10(2)8-9-11-6-4-5-7-12(11)14/h11H,2-9H2,1H3. The summed E-state index contributed by atoms with van der Waals surface area (Å²) in [6, 6.07) is 0. The van der Waals surface area contributed by atoms with E-state index >= 15 is 0 Å². The number of carbonyl (C=O) groups excluding carboxylic acids is 2. The second-order valence-corrected chi connectivity index (χ2v) is 4.27. The predicted molar refractivity (Wildman–Crippen MR) is 62.0 cm³/mol. The van der Waals surface area contributed by atoms with Gasteiger partial charge in [0.05, 0.1) is 6.61 Å². The van der Waals surface area contributed by atoms with Gasteiger partial charge < -0.3 is 4.74 Å². The first-order valence-corrected chi connectivity index (χ1v) is 6.02. The summed E-state index contributed by atoms with van der Waals surface area (Å²) >= 11 is 0. The molecule has 16 heavy (non-hydrogen) atoms. The molecular weight excluding hydrogens is 204 g/mol. The second kappa shape index (κ2) is 6.46. The van der Waals surface area contributed by atoms with Gasteiger partial charge >= 0.3 is 5.97 Å². The van der Waals surface area contributed by atoms with Gasteiger partial charge in [-0.2, -0.15) is 0 Å². The van der Waals surface area contributed by atoms with Crippen LogP contribution in [0.4, 0.5) is 0 Å². The van der Waals surface area contributed by atoms with Crippen molar-refractivity contribution in [2.24, 2.45) is 5.92 Å².